The lowest BCUT2D eigenvalue weighted by molar-refractivity contribution is 0.0816. The van der Waals surface area contributed by atoms with Crippen LogP contribution in [0, 0.1) is 5.92 Å². The van der Waals surface area contributed by atoms with Gasteiger partial charge in [0.1, 0.15) is 5.75 Å². The van der Waals surface area contributed by atoms with Crippen molar-refractivity contribution in [3.63, 3.8) is 0 Å². The third-order valence-corrected chi connectivity index (χ3v) is 5.78. The van der Waals surface area contributed by atoms with Crippen LogP contribution in [0.4, 0.5) is 0 Å². The second-order valence-corrected chi connectivity index (χ2v) is 7.73. The van der Waals surface area contributed by atoms with E-state index in [0.29, 0.717) is 19.1 Å². The van der Waals surface area contributed by atoms with Crippen molar-refractivity contribution in [1.29, 1.82) is 0 Å². The molecule has 0 aromatic heterocycles. The Morgan fingerprint density at radius 1 is 1.07 bits per heavy atom. The van der Waals surface area contributed by atoms with Gasteiger partial charge >= 0.3 is 0 Å². The summed E-state index contributed by atoms with van der Waals surface area (Å²) in [4.78, 5) is 13.9. The molecule has 1 amide bonds. The fourth-order valence-electron chi connectivity index (χ4n) is 4.21. The fourth-order valence-corrected chi connectivity index (χ4v) is 4.21. The smallest absolute Gasteiger partial charge is 0.254 e. The number of fused-ring (bicyclic) bond motifs is 2. The highest BCUT2D eigenvalue weighted by Crippen LogP contribution is 2.36. The molecule has 0 bridgehead atoms. The number of hydrogen-bond acceptors (Lipinski definition) is 3. The molecule has 3 aromatic carbocycles. The Labute approximate surface area is 164 Å². The second-order valence-electron chi connectivity index (χ2n) is 7.73. The molecule has 1 fully saturated rings. The van der Waals surface area contributed by atoms with E-state index >= 15 is 0 Å². The molecule has 3 aromatic rings. The van der Waals surface area contributed by atoms with Gasteiger partial charge in [-0.05, 0) is 46.7 Å². The first-order valence-electron chi connectivity index (χ1n) is 9.82. The first-order chi connectivity index (χ1) is 13.7. The lowest BCUT2D eigenvalue weighted by Crippen LogP contribution is -2.17. The zero-order valence-electron chi connectivity index (χ0n) is 16.0. The van der Waals surface area contributed by atoms with Crippen LogP contribution in [0.3, 0.4) is 0 Å². The summed E-state index contributed by atoms with van der Waals surface area (Å²) < 4.78 is 11.6. The summed E-state index contributed by atoms with van der Waals surface area (Å²) in [5, 5.41) is 2.29. The predicted octanol–water partition coefficient (Wildman–Crippen LogP) is 4.51. The van der Waals surface area contributed by atoms with E-state index in [1.807, 2.05) is 25.2 Å². The summed E-state index contributed by atoms with van der Waals surface area (Å²) in [6, 6.07) is 18.7. The zero-order valence-corrected chi connectivity index (χ0v) is 16.0. The lowest BCUT2D eigenvalue weighted by atomic mass is 9.95. The monoisotopic (exact) mass is 373 g/mol. The highest BCUT2D eigenvalue weighted by Gasteiger charge is 2.24. The molecule has 1 saturated heterocycles. The van der Waals surface area contributed by atoms with Gasteiger partial charge in [-0.3, -0.25) is 4.79 Å². The molecule has 2 heterocycles. The molecule has 1 atom stereocenters. The van der Waals surface area contributed by atoms with E-state index < -0.39 is 0 Å². The molecule has 142 valence electrons. The van der Waals surface area contributed by atoms with Gasteiger partial charge in [0.2, 0.25) is 0 Å². The number of benzene rings is 3. The second kappa shape index (κ2) is 6.95. The van der Waals surface area contributed by atoms with Crippen LogP contribution in [-0.4, -0.2) is 37.7 Å². The highest BCUT2D eigenvalue weighted by atomic mass is 16.5. The third-order valence-electron chi connectivity index (χ3n) is 5.78. The minimum Gasteiger partial charge on any atom is -0.493 e. The summed E-state index contributed by atoms with van der Waals surface area (Å²) in [5.41, 5.74) is 4.20. The van der Waals surface area contributed by atoms with Crippen LogP contribution < -0.4 is 4.74 Å². The summed E-state index contributed by atoms with van der Waals surface area (Å²) in [6.45, 7) is 2.99. The van der Waals surface area contributed by atoms with Crippen molar-refractivity contribution in [2.45, 2.75) is 13.0 Å². The van der Waals surface area contributed by atoms with E-state index in [9.17, 15) is 4.79 Å². The van der Waals surface area contributed by atoms with E-state index in [4.69, 9.17) is 9.47 Å². The Balaban J connectivity index is 1.52. The molecule has 0 radical (unpaired) electrons. The van der Waals surface area contributed by atoms with Crippen LogP contribution in [0.5, 0.6) is 5.75 Å². The van der Waals surface area contributed by atoms with Gasteiger partial charge < -0.3 is 14.4 Å². The Kier molecular flexibility index (Phi) is 4.29. The maximum absolute atomic E-state index is 12.2. The maximum atomic E-state index is 12.2. The van der Waals surface area contributed by atoms with Crippen molar-refractivity contribution in [3.05, 3.63) is 65.7 Å². The molecule has 2 aliphatic heterocycles. The van der Waals surface area contributed by atoms with Gasteiger partial charge in [-0.25, -0.2) is 0 Å². The largest absolute Gasteiger partial charge is 0.493 e. The number of carbonyl (C=O) groups is 1. The van der Waals surface area contributed by atoms with E-state index in [2.05, 4.69) is 36.4 Å². The van der Waals surface area contributed by atoms with E-state index in [1.165, 1.54) is 5.39 Å². The van der Waals surface area contributed by atoms with Crippen molar-refractivity contribution >= 4 is 16.7 Å². The number of ether oxygens (including phenoxy) is 2. The molecule has 2 aliphatic rings. The molecular formula is C24H23NO3. The summed E-state index contributed by atoms with van der Waals surface area (Å²) in [6.07, 6.45) is 1.07. The molecular weight excluding hydrogens is 350 g/mol. The first-order valence-corrected chi connectivity index (χ1v) is 9.82. The minimum absolute atomic E-state index is 0.103. The average molecular weight is 373 g/mol. The summed E-state index contributed by atoms with van der Waals surface area (Å²) in [7, 11) is 1.85. The minimum atomic E-state index is 0.103. The normalized spacial score (nSPS) is 18.7. The van der Waals surface area contributed by atoms with Gasteiger partial charge in [0.25, 0.3) is 5.91 Å². The van der Waals surface area contributed by atoms with Crippen LogP contribution in [0.2, 0.25) is 0 Å². The molecule has 0 N–H and O–H groups in total. The standard InChI is InChI=1S/C24H23NO3/c1-25-13-18-12-17(6-7-20(18)24(25)26)19-8-9-23(22-5-3-2-4-21(19)22)28-15-16-10-11-27-14-16/h2-9,12,16H,10-11,13-15H2,1H3. The Hall–Kier alpha value is -2.85. The average Bonchev–Trinajstić information content (AvgIpc) is 3.34. The SMILES string of the molecule is CN1Cc2cc(-c3ccc(OCC4CCOC4)c4ccccc34)ccc2C1=O. The van der Waals surface area contributed by atoms with Gasteiger partial charge in [-0.1, -0.05) is 36.4 Å². The van der Waals surface area contributed by atoms with Crippen molar-refractivity contribution in [3.8, 4) is 16.9 Å². The van der Waals surface area contributed by atoms with Crippen molar-refractivity contribution in [2.75, 3.05) is 26.9 Å². The molecule has 5 rings (SSSR count). The van der Waals surface area contributed by atoms with E-state index in [-0.39, 0.29) is 5.91 Å². The highest BCUT2D eigenvalue weighted by molar-refractivity contribution is 6.02. The number of amides is 1. The van der Waals surface area contributed by atoms with E-state index in [1.54, 1.807) is 4.90 Å². The molecule has 4 nitrogen and oxygen atoms in total. The fraction of sp³-hybridized carbons (Fsp3) is 0.292. The molecule has 0 spiro atoms. The van der Waals surface area contributed by atoms with Gasteiger partial charge in [0, 0.05) is 37.1 Å². The van der Waals surface area contributed by atoms with Gasteiger partial charge in [-0.15, -0.1) is 0 Å². The quantitative estimate of drug-likeness (QED) is 0.675. The summed E-state index contributed by atoms with van der Waals surface area (Å²) in [5.74, 6) is 1.50. The molecule has 0 saturated carbocycles. The van der Waals surface area contributed by atoms with Gasteiger partial charge in [0.15, 0.2) is 0 Å². The van der Waals surface area contributed by atoms with Gasteiger partial charge in [-0.2, -0.15) is 0 Å². The third kappa shape index (κ3) is 2.94. The van der Waals surface area contributed by atoms with Crippen LogP contribution in [0.25, 0.3) is 21.9 Å². The van der Waals surface area contributed by atoms with Crippen LogP contribution >= 0.6 is 0 Å². The summed E-state index contributed by atoms with van der Waals surface area (Å²) >= 11 is 0. The Morgan fingerprint density at radius 2 is 1.89 bits per heavy atom. The van der Waals surface area contributed by atoms with Crippen molar-refractivity contribution in [2.24, 2.45) is 5.92 Å². The van der Waals surface area contributed by atoms with Crippen molar-refractivity contribution in [1.82, 2.24) is 4.90 Å². The molecule has 28 heavy (non-hydrogen) atoms. The molecule has 0 aliphatic carbocycles. The number of hydrogen-bond donors (Lipinski definition) is 0. The Morgan fingerprint density at radius 3 is 2.71 bits per heavy atom. The van der Waals surface area contributed by atoms with Gasteiger partial charge in [0.05, 0.1) is 13.2 Å². The topological polar surface area (TPSA) is 38.8 Å². The maximum Gasteiger partial charge on any atom is 0.254 e. The van der Waals surface area contributed by atoms with Crippen LogP contribution in [0.1, 0.15) is 22.3 Å². The molecule has 4 heteroatoms. The zero-order chi connectivity index (χ0) is 19.1. The van der Waals surface area contributed by atoms with Crippen LogP contribution in [0.15, 0.2) is 54.6 Å². The van der Waals surface area contributed by atoms with Crippen molar-refractivity contribution < 1.29 is 14.3 Å². The number of rotatable bonds is 4. The first kappa shape index (κ1) is 17.3. The number of carbonyl (C=O) groups excluding carboxylic acids is 1. The Bertz CT molecular complexity index is 1050. The predicted molar refractivity (Wildman–Crippen MR) is 110 cm³/mol. The lowest BCUT2D eigenvalue weighted by Gasteiger charge is -2.15. The molecule has 1 unspecified atom stereocenters. The van der Waals surface area contributed by atoms with Crippen LogP contribution in [-0.2, 0) is 11.3 Å². The van der Waals surface area contributed by atoms with E-state index in [0.717, 1.165) is 53.0 Å². The number of nitrogens with zero attached hydrogens (tertiary/aromatic N) is 1.